The van der Waals surface area contributed by atoms with E-state index in [1.807, 2.05) is 11.3 Å². The van der Waals surface area contributed by atoms with Gasteiger partial charge in [0, 0.05) is 0 Å². The largest absolute Gasteiger partial charge is 0.152 e. The summed E-state index contributed by atoms with van der Waals surface area (Å²) in [5, 5.41) is 4.61. The van der Waals surface area contributed by atoms with Gasteiger partial charge in [0.05, 0.1) is 0 Å². The van der Waals surface area contributed by atoms with Crippen LogP contribution in [0.25, 0.3) is 0 Å². The topological polar surface area (TPSA) is 0 Å². The zero-order valence-electron chi connectivity index (χ0n) is 17.9. The second-order valence-corrected chi connectivity index (χ2v) is 9.16. The SMILES string of the molecule is CCCCCCCCCCC(CCCCCCCCC)Cc1ccsc1. The van der Waals surface area contributed by atoms with Gasteiger partial charge in [0.15, 0.2) is 0 Å². The van der Waals surface area contributed by atoms with Gasteiger partial charge in [-0.3, -0.25) is 0 Å². The van der Waals surface area contributed by atoms with Crippen molar-refractivity contribution < 1.29 is 0 Å². The van der Waals surface area contributed by atoms with Crippen LogP contribution < -0.4 is 0 Å². The number of rotatable bonds is 19. The Bertz CT molecular complexity index is 368. The molecule has 1 aromatic heterocycles. The number of unbranched alkanes of at least 4 members (excludes halogenated alkanes) is 13. The summed E-state index contributed by atoms with van der Waals surface area (Å²) in [7, 11) is 0. The standard InChI is InChI=1S/C25H46S/c1-3-5-7-9-11-13-15-17-19-24(22-25-20-21-26-23-25)18-16-14-12-10-8-6-4-2/h20-21,23-24H,3-19,22H2,1-2H3. The van der Waals surface area contributed by atoms with Crippen molar-refractivity contribution >= 4 is 11.3 Å². The van der Waals surface area contributed by atoms with Gasteiger partial charge in [-0.25, -0.2) is 0 Å². The fourth-order valence-electron chi connectivity index (χ4n) is 4.05. The first kappa shape index (κ1) is 23.7. The Labute approximate surface area is 169 Å². The van der Waals surface area contributed by atoms with Crippen molar-refractivity contribution in [2.75, 3.05) is 0 Å². The van der Waals surface area contributed by atoms with E-state index in [4.69, 9.17) is 0 Å². The highest BCUT2D eigenvalue weighted by Gasteiger charge is 2.10. The van der Waals surface area contributed by atoms with E-state index >= 15 is 0 Å². The summed E-state index contributed by atoms with van der Waals surface area (Å²) in [4.78, 5) is 0. The minimum absolute atomic E-state index is 0.931. The van der Waals surface area contributed by atoms with Crippen molar-refractivity contribution in [1.29, 1.82) is 0 Å². The van der Waals surface area contributed by atoms with Crippen LogP contribution in [0.1, 0.15) is 129 Å². The predicted molar refractivity (Wildman–Crippen MR) is 121 cm³/mol. The first-order valence-electron chi connectivity index (χ1n) is 11.9. The highest BCUT2D eigenvalue weighted by Crippen LogP contribution is 2.24. The van der Waals surface area contributed by atoms with Crippen LogP contribution in [-0.4, -0.2) is 0 Å². The van der Waals surface area contributed by atoms with Gasteiger partial charge in [0.2, 0.25) is 0 Å². The lowest BCUT2D eigenvalue weighted by molar-refractivity contribution is 0.400. The molecule has 0 N–H and O–H groups in total. The predicted octanol–water partition coefficient (Wildman–Crippen LogP) is 9.58. The molecule has 1 unspecified atom stereocenters. The van der Waals surface area contributed by atoms with E-state index in [0.29, 0.717) is 0 Å². The van der Waals surface area contributed by atoms with Crippen LogP contribution in [-0.2, 0) is 6.42 Å². The van der Waals surface area contributed by atoms with Gasteiger partial charge in [-0.05, 0) is 34.7 Å². The van der Waals surface area contributed by atoms with Crippen molar-refractivity contribution in [3.8, 4) is 0 Å². The van der Waals surface area contributed by atoms with Crippen molar-refractivity contribution in [3.63, 3.8) is 0 Å². The van der Waals surface area contributed by atoms with Crippen LogP contribution >= 0.6 is 11.3 Å². The second-order valence-electron chi connectivity index (χ2n) is 8.38. The summed E-state index contributed by atoms with van der Waals surface area (Å²) in [5.74, 6) is 0.931. The van der Waals surface area contributed by atoms with Crippen LogP contribution in [0.4, 0.5) is 0 Å². The summed E-state index contributed by atoms with van der Waals surface area (Å²) >= 11 is 1.86. The van der Waals surface area contributed by atoms with E-state index in [0.717, 1.165) is 5.92 Å². The van der Waals surface area contributed by atoms with Crippen LogP contribution in [0.15, 0.2) is 16.8 Å². The van der Waals surface area contributed by atoms with Gasteiger partial charge in [0.25, 0.3) is 0 Å². The normalized spacial score (nSPS) is 12.5. The molecular formula is C25H46S. The van der Waals surface area contributed by atoms with Crippen molar-refractivity contribution in [2.45, 2.75) is 129 Å². The minimum Gasteiger partial charge on any atom is -0.152 e. The molecule has 0 aliphatic carbocycles. The molecule has 0 aromatic carbocycles. The molecular weight excluding hydrogens is 332 g/mol. The molecule has 0 saturated heterocycles. The van der Waals surface area contributed by atoms with Crippen LogP contribution in [0.3, 0.4) is 0 Å². The fourth-order valence-corrected chi connectivity index (χ4v) is 4.73. The third-order valence-electron chi connectivity index (χ3n) is 5.79. The highest BCUT2D eigenvalue weighted by molar-refractivity contribution is 7.07. The average Bonchev–Trinajstić information content (AvgIpc) is 3.16. The molecule has 0 fully saturated rings. The molecule has 0 amide bonds. The average molecular weight is 379 g/mol. The van der Waals surface area contributed by atoms with E-state index in [1.54, 1.807) is 5.56 Å². The highest BCUT2D eigenvalue weighted by atomic mass is 32.1. The Hall–Kier alpha value is -0.300. The molecule has 0 aliphatic heterocycles. The summed E-state index contributed by atoms with van der Waals surface area (Å²) in [6, 6.07) is 2.34. The first-order chi connectivity index (χ1) is 12.9. The Kier molecular flexibility index (Phi) is 16.5. The first-order valence-corrected chi connectivity index (χ1v) is 12.8. The molecule has 1 heterocycles. The molecule has 1 heteroatoms. The lowest BCUT2D eigenvalue weighted by atomic mass is 9.89. The van der Waals surface area contributed by atoms with Crippen LogP contribution in [0.5, 0.6) is 0 Å². The monoisotopic (exact) mass is 378 g/mol. The maximum Gasteiger partial charge on any atom is -0.00612 e. The van der Waals surface area contributed by atoms with Gasteiger partial charge < -0.3 is 0 Å². The Morgan fingerprint density at radius 1 is 0.654 bits per heavy atom. The summed E-state index contributed by atoms with van der Waals surface area (Å²) in [6.07, 6.45) is 25.9. The maximum absolute atomic E-state index is 2.37. The number of hydrogen-bond acceptors (Lipinski definition) is 1. The molecule has 0 saturated carbocycles. The van der Waals surface area contributed by atoms with Crippen molar-refractivity contribution in [3.05, 3.63) is 22.4 Å². The van der Waals surface area contributed by atoms with Gasteiger partial charge >= 0.3 is 0 Å². The smallest absolute Gasteiger partial charge is 0.00612 e. The van der Waals surface area contributed by atoms with E-state index in [9.17, 15) is 0 Å². The fraction of sp³-hybridized carbons (Fsp3) is 0.840. The lowest BCUT2D eigenvalue weighted by Gasteiger charge is -2.16. The maximum atomic E-state index is 2.37. The molecule has 152 valence electrons. The molecule has 0 bridgehead atoms. The Morgan fingerprint density at radius 2 is 1.12 bits per heavy atom. The summed E-state index contributed by atoms with van der Waals surface area (Å²) in [6.45, 7) is 4.61. The summed E-state index contributed by atoms with van der Waals surface area (Å²) in [5.41, 5.74) is 1.59. The van der Waals surface area contributed by atoms with Gasteiger partial charge in [-0.1, -0.05) is 123 Å². The van der Waals surface area contributed by atoms with E-state index < -0.39 is 0 Å². The zero-order chi connectivity index (χ0) is 18.7. The molecule has 0 spiro atoms. The molecule has 0 aliphatic rings. The van der Waals surface area contributed by atoms with Gasteiger partial charge in [0.1, 0.15) is 0 Å². The third kappa shape index (κ3) is 13.8. The van der Waals surface area contributed by atoms with E-state index in [1.165, 1.54) is 116 Å². The molecule has 1 atom stereocenters. The third-order valence-corrected chi connectivity index (χ3v) is 6.52. The van der Waals surface area contributed by atoms with Crippen molar-refractivity contribution in [1.82, 2.24) is 0 Å². The van der Waals surface area contributed by atoms with E-state index in [-0.39, 0.29) is 0 Å². The van der Waals surface area contributed by atoms with Crippen LogP contribution in [0.2, 0.25) is 0 Å². The van der Waals surface area contributed by atoms with Crippen LogP contribution in [0, 0.1) is 5.92 Å². The van der Waals surface area contributed by atoms with Crippen molar-refractivity contribution in [2.24, 2.45) is 5.92 Å². The quantitative estimate of drug-likeness (QED) is 0.210. The number of thiophene rings is 1. The zero-order valence-corrected chi connectivity index (χ0v) is 18.8. The molecule has 26 heavy (non-hydrogen) atoms. The van der Waals surface area contributed by atoms with Gasteiger partial charge in [-0.2, -0.15) is 11.3 Å². The summed E-state index contributed by atoms with van der Waals surface area (Å²) < 4.78 is 0. The Morgan fingerprint density at radius 3 is 1.54 bits per heavy atom. The van der Waals surface area contributed by atoms with E-state index in [2.05, 4.69) is 30.7 Å². The molecule has 0 nitrogen and oxygen atoms in total. The second kappa shape index (κ2) is 18.1. The molecule has 1 aromatic rings. The minimum atomic E-state index is 0.931. The Balaban J connectivity index is 2.12. The lowest BCUT2D eigenvalue weighted by Crippen LogP contribution is -2.05. The molecule has 0 radical (unpaired) electrons. The van der Waals surface area contributed by atoms with Gasteiger partial charge in [-0.15, -0.1) is 0 Å². The number of hydrogen-bond donors (Lipinski definition) is 0. The molecule has 1 rings (SSSR count).